The van der Waals surface area contributed by atoms with Gasteiger partial charge in [0.15, 0.2) is 0 Å². The third-order valence-electron chi connectivity index (χ3n) is 5.61. The Morgan fingerprint density at radius 2 is 1.91 bits per heavy atom. The van der Waals surface area contributed by atoms with Gasteiger partial charge in [-0.3, -0.25) is 4.68 Å². The van der Waals surface area contributed by atoms with Crippen LogP contribution in [0.3, 0.4) is 0 Å². The van der Waals surface area contributed by atoms with E-state index in [9.17, 15) is 13.2 Å². The van der Waals surface area contributed by atoms with Gasteiger partial charge in [0.1, 0.15) is 0 Å². The Bertz CT molecular complexity index is 1040. The molecule has 0 radical (unpaired) electrons. The molecule has 1 fully saturated rings. The second-order valence-corrected chi connectivity index (χ2v) is 9.76. The minimum absolute atomic E-state index is 0.189. The summed E-state index contributed by atoms with van der Waals surface area (Å²) in [5, 5.41) is 5.56. The number of hydrogen-bond donors (Lipinski definition) is 0. The maximum atomic E-state index is 13.6. The summed E-state index contributed by atoms with van der Waals surface area (Å²) in [6.07, 6.45) is -0.479. The number of rotatable bonds is 7. The lowest BCUT2D eigenvalue weighted by Crippen LogP contribution is -2.23. The van der Waals surface area contributed by atoms with Crippen molar-refractivity contribution in [3.8, 4) is 0 Å². The van der Waals surface area contributed by atoms with E-state index in [-0.39, 0.29) is 11.6 Å². The summed E-state index contributed by atoms with van der Waals surface area (Å²) >= 11 is 1.34. The van der Waals surface area contributed by atoms with Crippen LogP contribution >= 0.6 is 11.9 Å². The standard InChI is InChI=1S/C24H28F3N3OS/c1-17(2)15-30(23-6-4-3-5-21(23)24(25,26)27)32-20-7-8-22-19(13-20)14-28-29(22)16-18-9-11-31-12-10-18/h3-8,13-14,17-18H,9-12,15-16H2,1-2H3. The summed E-state index contributed by atoms with van der Waals surface area (Å²) in [7, 11) is 0. The van der Waals surface area contributed by atoms with Gasteiger partial charge in [0.25, 0.3) is 0 Å². The summed E-state index contributed by atoms with van der Waals surface area (Å²) in [5.74, 6) is 0.760. The van der Waals surface area contributed by atoms with Crippen molar-refractivity contribution in [3.05, 3.63) is 54.2 Å². The van der Waals surface area contributed by atoms with Crippen molar-refractivity contribution in [1.82, 2.24) is 9.78 Å². The van der Waals surface area contributed by atoms with Gasteiger partial charge < -0.3 is 9.04 Å². The minimum atomic E-state index is -4.40. The third-order valence-corrected chi connectivity index (χ3v) is 6.64. The first-order valence-corrected chi connectivity index (χ1v) is 11.7. The molecule has 1 saturated heterocycles. The zero-order chi connectivity index (χ0) is 22.7. The van der Waals surface area contributed by atoms with Crippen LogP contribution in [0, 0.1) is 11.8 Å². The molecule has 3 aromatic rings. The lowest BCUT2D eigenvalue weighted by molar-refractivity contribution is -0.137. The van der Waals surface area contributed by atoms with Crippen molar-refractivity contribution in [1.29, 1.82) is 0 Å². The Morgan fingerprint density at radius 3 is 2.62 bits per heavy atom. The average Bonchev–Trinajstić information content (AvgIpc) is 3.15. The zero-order valence-corrected chi connectivity index (χ0v) is 19.1. The van der Waals surface area contributed by atoms with Crippen LogP contribution in [0.2, 0.25) is 0 Å². The molecule has 0 N–H and O–H groups in total. The quantitative estimate of drug-likeness (QED) is 0.367. The number of benzene rings is 2. The SMILES string of the molecule is CC(C)CN(Sc1ccc2c(cnn2CC2CCOCC2)c1)c1ccccc1C(F)(F)F. The first-order valence-electron chi connectivity index (χ1n) is 11.0. The highest BCUT2D eigenvalue weighted by Gasteiger charge is 2.35. The van der Waals surface area contributed by atoms with Crippen molar-refractivity contribution < 1.29 is 17.9 Å². The molecule has 0 unspecified atom stereocenters. The van der Waals surface area contributed by atoms with E-state index in [0.717, 1.165) is 54.5 Å². The highest BCUT2D eigenvalue weighted by atomic mass is 32.2. The Kier molecular flexibility index (Phi) is 7.00. The van der Waals surface area contributed by atoms with Gasteiger partial charge in [0.05, 0.1) is 23.0 Å². The van der Waals surface area contributed by atoms with Crippen LogP contribution in [0.1, 0.15) is 32.3 Å². The number of nitrogens with zero attached hydrogens (tertiary/aromatic N) is 3. The van der Waals surface area contributed by atoms with Crippen LogP contribution < -0.4 is 4.31 Å². The molecule has 2 aromatic carbocycles. The van der Waals surface area contributed by atoms with Gasteiger partial charge in [0, 0.05) is 36.6 Å². The molecule has 1 aliphatic heterocycles. The summed E-state index contributed by atoms with van der Waals surface area (Å²) < 4.78 is 50.1. The zero-order valence-electron chi connectivity index (χ0n) is 18.3. The molecule has 2 heterocycles. The van der Waals surface area contributed by atoms with E-state index in [4.69, 9.17) is 4.74 Å². The molecule has 4 nitrogen and oxygen atoms in total. The van der Waals surface area contributed by atoms with Crippen molar-refractivity contribution in [2.45, 2.75) is 44.3 Å². The topological polar surface area (TPSA) is 30.3 Å². The number of aromatic nitrogens is 2. The first kappa shape index (κ1) is 23.0. The van der Waals surface area contributed by atoms with Gasteiger partial charge in [-0.15, -0.1) is 0 Å². The lowest BCUT2D eigenvalue weighted by atomic mass is 10.0. The minimum Gasteiger partial charge on any atom is -0.381 e. The van der Waals surface area contributed by atoms with Crippen LogP contribution in [-0.4, -0.2) is 29.5 Å². The van der Waals surface area contributed by atoms with E-state index in [1.54, 1.807) is 16.4 Å². The lowest BCUT2D eigenvalue weighted by Gasteiger charge is -2.28. The number of halogens is 3. The highest BCUT2D eigenvalue weighted by Crippen LogP contribution is 2.40. The molecule has 1 aromatic heterocycles. The molecule has 0 amide bonds. The highest BCUT2D eigenvalue weighted by molar-refractivity contribution is 8.00. The summed E-state index contributed by atoms with van der Waals surface area (Å²) in [4.78, 5) is 0.890. The predicted molar refractivity (Wildman–Crippen MR) is 123 cm³/mol. The molecule has 0 bridgehead atoms. The normalized spacial score (nSPS) is 15.6. The predicted octanol–water partition coefficient (Wildman–Crippen LogP) is 6.65. The number of hydrogen-bond acceptors (Lipinski definition) is 4. The van der Waals surface area contributed by atoms with Crippen LogP contribution in [0.25, 0.3) is 10.9 Å². The average molecular weight is 464 g/mol. The largest absolute Gasteiger partial charge is 0.418 e. The van der Waals surface area contributed by atoms with Gasteiger partial charge in [-0.1, -0.05) is 26.0 Å². The Labute approximate surface area is 190 Å². The number of anilines is 1. The molecule has 1 aliphatic rings. The molecule has 172 valence electrons. The number of para-hydroxylation sites is 1. The van der Waals surface area contributed by atoms with Gasteiger partial charge in [0.2, 0.25) is 0 Å². The Hall–Kier alpha value is -2.19. The van der Waals surface area contributed by atoms with E-state index in [1.165, 1.54) is 18.0 Å². The fraction of sp³-hybridized carbons (Fsp3) is 0.458. The van der Waals surface area contributed by atoms with Crippen molar-refractivity contribution in [3.63, 3.8) is 0 Å². The van der Waals surface area contributed by atoms with Crippen LogP contribution in [0.4, 0.5) is 18.9 Å². The van der Waals surface area contributed by atoms with E-state index in [0.29, 0.717) is 12.5 Å². The molecular weight excluding hydrogens is 435 g/mol. The summed E-state index contributed by atoms with van der Waals surface area (Å²) in [5.41, 5.74) is 0.625. The number of ether oxygens (including phenoxy) is 1. The monoisotopic (exact) mass is 463 g/mol. The second kappa shape index (κ2) is 9.75. The second-order valence-electron chi connectivity index (χ2n) is 8.66. The van der Waals surface area contributed by atoms with Gasteiger partial charge in [-0.25, -0.2) is 0 Å². The van der Waals surface area contributed by atoms with Crippen molar-refractivity contribution in [2.24, 2.45) is 11.8 Å². The van der Waals surface area contributed by atoms with Crippen LogP contribution in [-0.2, 0) is 17.5 Å². The van der Waals surface area contributed by atoms with Gasteiger partial charge in [-0.2, -0.15) is 18.3 Å². The molecule has 0 atom stereocenters. The molecular formula is C24H28F3N3OS. The first-order chi connectivity index (χ1) is 15.3. The maximum Gasteiger partial charge on any atom is 0.418 e. The fourth-order valence-electron chi connectivity index (χ4n) is 4.02. The van der Waals surface area contributed by atoms with E-state index < -0.39 is 11.7 Å². The molecule has 32 heavy (non-hydrogen) atoms. The number of fused-ring (bicyclic) bond motifs is 1. The van der Waals surface area contributed by atoms with Crippen molar-refractivity contribution in [2.75, 3.05) is 24.1 Å². The smallest absolute Gasteiger partial charge is 0.381 e. The Balaban J connectivity index is 1.58. The third kappa shape index (κ3) is 5.41. The van der Waals surface area contributed by atoms with Crippen LogP contribution in [0.5, 0.6) is 0 Å². The van der Waals surface area contributed by atoms with Crippen LogP contribution in [0.15, 0.2) is 53.6 Å². The molecule has 0 saturated carbocycles. The van der Waals surface area contributed by atoms with Crippen molar-refractivity contribution >= 4 is 28.5 Å². The molecule has 8 heteroatoms. The summed E-state index contributed by atoms with van der Waals surface area (Å²) in [6.45, 7) is 6.97. The van der Waals surface area contributed by atoms with E-state index >= 15 is 0 Å². The fourth-order valence-corrected chi connectivity index (χ4v) is 5.21. The van der Waals surface area contributed by atoms with Gasteiger partial charge in [-0.05, 0) is 67.0 Å². The van der Waals surface area contributed by atoms with E-state index in [1.807, 2.05) is 42.9 Å². The van der Waals surface area contributed by atoms with Gasteiger partial charge >= 0.3 is 6.18 Å². The molecule has 0 spiro atoms. The number of alkyl halides is 3. The molecule has 0 aliphatic carbocycles. The van der Waals surface area contributed by atoms with E-state index in [2.05, 4.69) is 5.10 Å². The maximum absolute atomic E-state index is 13.6. The Morgan fingerprint density at radius 1 is 1.16 bits per heavy atom. The molecule has 4 rings (SSSR count). The summed E-state index contributed by atoms with van der Waals surface area (Å²) in [6, 6.07) is 11.8.